The average molecular weight is 322 g/mol. The molecule has 0 fully saturated rings. The first-order chi connectivity index (χ1) is 11.3. The zero-order valence-corrected chi connectivity index (χ0v) is 12.7. The van der Waals surface area contributed by atoms with Crippen molar-refractivity contribution in [1.82, 2.24) is 9.38 Å². The van der Waals surface area contributed by atoms with Crippen LogP contribution in [0.25, 0.3) is 16.2 Å². The van der Waals surface area contributed by atoms with E-state index in [1.807, 2.05) is 46.3 Å². The van der Waals surface area contributed by atoms with E-state index >= 15 is 0 Å². The minimum Gasteiger partial charge on any atom is -0.283 e. The van der Waals surface area contributed by atoms with E-state index in [1.165, 1.54) is 12.1 Å². The minimum atomic E-state index is -0.335. The van der Waals surface area contributed by atoms with Gasteiger partial charge in [0.25, 0.3) is 0 Å². The van der Waals surface area contributed by atoms with Gasteiger partial charge in [-0.15, -0.1) is 21.6 Å². The van der Waals surface area contributed by atoms with Gasteiger partial charge in [-0.3, -0.25) is 4.40 Å². The third-order valence-electron chi connectivity index (χ3n) is 3.33. The van der Waals surface area contributed by atoms with E-state index in [0.717, 1.165) is 16.2 Å². The largest absolute Gasteiger partial charge is 0.283 e. The number of benzene rings is 1. The van der Waals surface area contributed by atoms with Crippen molar-refractivity contribution in [2.75, 3.05) is 0 Å². The maximum atomic E-state index is 13.3. The smallest absolute Gasteiger partial charge is 0.188 e. The third-order valence-corrected chi connectivity index (χ3v) is 4.20. The second kappa shape index (κ2) is 5.73. The Labute approximate surface area is 135 Å². The molecule has 3 heterocycles. The molecule has 0 unspecified atom stereocenters. The standard InChI is InChI=1S/C17H11FN4S/c18-12-5-3-6-13(11-12)20-21-17-16(14-7-4-10-23-14)19-15-8-1-2-9-22(15)17/h1-11H. The molecule has 0 aliphatic heterocycles. The second-order valence-corrected chi connectivity index (χ2v) is 5.82. The van der Waals surface area contributed by atoms with Crippen molar-refractivity contribution in [3.8, 4) is 10.6 Å². The molecule has 0 bridgehead atoms. The van der Waals surface area contributed by atoms with Crippen molar-refractivity contribution in [2.45, 2.75) is 0 Å². The molecule has 0 radical (unpaired) electrons. The Morgan fingerprint density at radius 2 is 1.96 bits per heavy atom. The Bertz CT molecular complexity index is 989. The summed E-state index contributed by atoms with van der Waals surface area (Å²) in [4.78, 5) is 5.65. The van der Waals surface area contributed by atoms with Crippen molar-refractivity contribution >= 4 is 28.5 Å². The molecule has 6 heteroatoms. The van der Waals surface area contributed by atoms with E-state index < -0.39 is 0 Å². The molecule has 4 nitrogen and oxygen atoms in total. The van der Waals surface area contributed by atoms with Gasteiger partial charge in [-0.1, -0.05) is 18.2 Å². The van der Waals surface area contributed by atoms with E-state index in [9.17, 15) is 4.39 Å². The van der Waals surface area contributed by atoms with Gasteiger partial charge in [-0.25, -0.2) is 9.37 Å². The first-order valence-corrected chi connectivity index (χ1v) is 7.87. The summed E-state index contributed by atoms with van der Waals surface area (Å²) in [5.74, 6) is 0.297. The normalized spacial score (nSPS) is 11.5. The number of nitrogens with zero attached hydrogens (tertiary/aromatic N) is 4. The van der Waals surface area contributed by atoms with Crippen LogP contribution in [0.1, 0.15) is 0 Å². The van der Waals surface area contributed by atoms with Crippen LogP contribution in [0.15, 0.2) is 76.4 Å². The number of hydrogen-bond donors (Lipinski definition) is 0. The third kappa shape index (κ3) is 2.64. The van der Waals surface area contributed by atoms with Gasteiger partial charge in [0, 0.05) is 12.3 Å². The van der Waals surface area contributed by atoms with Crippen molar-refractivity contribution in [3.05, 3.63) is 72.0 Å². The van der Waals surface area contributed by atoms with Gasteiger partial charge in [-0.05, 0) is 35.7 Å². The summed E-state index contributed by atoms with van der Waals surface area (Å²) >= 11 is 1.59. The van der Waals surface area contributed by atoms with E-state index in [-0.39, 0.29) is 5.82 Å². The van der Waals surface area contributed by atoms with E-state index in [1.54, 1.807) is 23.5 Å². The van der Waals surface area contributed by atoms with Crippen LogP contribution < -0.4 is 0 Å². The van der Waals surface area contributed by atoms with Gasteiger partial charge in [0.15, 0.2) is 5.82 Å². The number of hydrogen-bond acceptors (Lipinski definition) is 4. The molecule has 23 heavy (non-hydrogen) atoms. The average Bonchev–Trinajstić information content (AvgIpc) is 3.20. The molecule has 0 spiro atoms. The van der Waals surface area contributed by atoms with Crippen LogP contribution in [0, 0.1) is 5.82 Å². The molecule has 4 aromatic rings. The first-order valence-electron chi connectivity index (χ1n) is 6.99. The summed E-state index contributed by atoms with van der Waals surface area (Å²) in [5.41, 5.74) is 2.03. The van der Waals surface area contributed by atoms with Crippen molar-refractivity contribution in [1.29, 1.82) is 0 Å². The van der Waals surface area contributed by atoms with Crippen molar-refractivity contribution < 1.29 is 4.39 Å². The Kier molecular flexibility index (Phi) is 3.44. The Balaban J connectivity index is 1.86. The summed E-state index contributed by atoms with van der Waals surface area (Å²) in [6, 6.07) is 15.8. The van der Waals surface area contributed by atoms with Crippen LogP contribution in [-0.4, -0.2) is 9.38 Å². The number of thiophene rings is 1. The fraction of sp³-hybridized carbons (Fsp3) is 0. The van der Waals surface area contributed by atoms with Crippen LogP contribution in [0.5, 0.6) is 0 Å². The monoisotopic (exact) mass is 322 g/mol. The van der Waals surface area contributed by atoms with Crippen molar-refractivity contribution in [2.24, 2.45) is 10.2 Å². The summed E-state index contributed by atoms with van der Waals surface area (Å²) in [7, 11) is 0. The summed E-state index contributed by atoms with van der Waals surface area (Å²) in [5, 5.41) is 10.5. The van der Waals surface area contributed by atoms with Gasteiger partial charge in [0.2, 0.25) is 0 Å². The number of aromatic nitrogens is 2. The van der Waals surface area contributed by atoms with Crippen LogP contribution in [0.4, 0.5) is 15.9 Å². The zero-order valence-electron chi connectivity index (χ0n) is 11.9. The van der Waals surface area contributed by atoms with Gasteiger partial charge < -0.3 is 0 Å². The van der Waals surface area contributed by atoms with Gasteiger partial charge in [-0.2, -0.15) is 0 Å². The van der Waals surface area contributed by atoms with Gasteiger partial charge >= 0.3 is 0 Å². The number of azo groups is 1. The highest BCUT2D eigenvalue weighted by molar-refractivity contribution is 7.13. The highest BCUT2D eigenvalue weighted by Crippen LogP contribution is 2.34. The molecule has 112 valence electrons. The number of imidazole rings is 1. The summed E-state index contributed by atoms with van der Waals surface area (Å²) in [6.07, 6.45) is 1.89. The molecule has 0 saturated carbocycles. The highest BCUT2D eigenvalue weighted by Gasteiger charge is 2.14. The second-order valence-electron chi connectivity index (χ2n) is 4.87. The fourth-order valence-electron chi connectivity index (χ4n) is 2.30. The summed E-state index contributed by atoms with van der Waals surface area (Å²) < 4.78 is 15.1. The SMILES string of the molecule is Fc1cccc(N=Nc2c(-c3cccs3)nc3ccccn23)c1. The maximum Gasteiger partial charge on any atom is 0.188 e. The molecule has 0 N–H and O–H groups in total. The fourth-order valence-corrected chi connectivity index (χ4v) is 3.01. The van der Waals surface area contributed by atoms with Crippen LogP contribution in [-0.2, 0) is 0 Å². The first kappa shape index (κ1) is 13.8. The van der Waals surface area contributed by atoms with Crippen LogP contribution >= 0.6 is 11.3 Å². The zero-order chi connectivity index (χ0) is 15.6. The predicted molar refractivity (Wildman–Crippen MR) is 89.1 cm³/mol. The lowest BCUT2D eigenvalue weighted by molar-refractivity contribution is 0.628. The number of pyridine rings is 1. The lowest BCUT2D eigenvalue weighted by Crippen LogP contribution is -1.81. The number of halogens is 1. The molecular formula is C17H11FN4S. The molecule has 0 aliphatic rings. The minimum absolute atomic E-state index is 0.335. The molecule has 3 aromatic heterocycles. The Morgan fingerprint density at radius 3 is 2.78 bits per heavy atom. The lowest BCUT2D eigenvalue weighted by Gasteiger charge is -1.97. The Morgan fingerprint density at radius 1 is 1.00 bits per heavy atom. The highest BCUT2D eigenvalue weighted by atomic mass is 32.1. The quantitative estimate of drug-likeness (QED) is 0.451. The van der Waals surface area contributed by atoms with E-state index in [4.69, 9.17) is 0 Å². The van der Waals surface area contributed by atoms with Crippen molar-refractivity contribution in [3.63, 3.8) is 0 Å². The molecule has 0 saturated heterocycles. The molecule has 4 rings (SSSR count). The summed E-state index contributed by atoms with van der Waals surface area (Å²) in [6.45, 7) is 0. The molecular weight excluding hydrogens is 311 g/mol. The van der Waals surface area contributed by atoms with Gasteiger partial charge in [0.05, 0.1) is 10.6 Å². The number of rotatable bonds is 3. The predicted octanol–water partition coefficient (Wildman–Crippen LogP) is 5.62. The molecule has 1 aromatic carbocycles. The maximum absolute atomic E-state index is 13.3. The molecule has 0 atom stereocenters. The van der Waals surface area contributed by atoms with Crippen LogP contribution in [0.3, 0.4) is 0 Å². The molecule has 0 amide bonds. The van der Waals surface area contributed by atoms with Gasteiger partial charge in [0.1, 0.15) is 17.2 Å². The van der Waals surface area contributed by atoms with Crippen LogP contribution in [0.2, 0.25) is 0 Å². The van der Waals surface area contributed by atoms with E-state index in [2.05, 4.69) is 15.2 Å². The number of fused-ring (bicyclic) bond motifs is 1. The van der Waals surface area contributed by atoms with E-state index in [0.29, 0.717) is 11.5 Å². The Hall–Kier alpha value is -2.86. The molecule has 0 aliphatic carbocycles. The lowest BCUT2D eigenvalue weighted by atomic mass is 10.3. The topological polar surface area (TPSA) is 42.0 Å².